The summed E-state index contributed by atoms with van der Waals surface area (Å²) in [6, 6.07) is 29.7. The Labute approximate surface area is 209 Å². The van der Waals surface area contributed by atoms with Gasteiger partial charge in [0.15, 0.2) is 5.78 Å². The van der Waals surface area contributed by atoms with Gasteiger partial charge in [0, 0.05) is 5.56 Å². The summed E-state index contributed by atoms with van der Waals surface area (Å²) in [5, 5.41) is 0. The zero-order chi connectivity index (χ0) is 25.3. The third-order valence-corrected chi connectivity index (χ3v) is 5.49. The zero-order valence-corrected chi connectivity index (χ0v) is 19.7. The van der Waals surface area contributed by atoms with Crippen LogP contribution in [0.3, 0.4) is 0 Å². The molecule has 0 fully saturated rings. The van der Waals surface area contributed by atoms with Crippen LogP contribution in [0.25, 0.3) is 0 Å². The van der Waals surface area contributed by atoms with E-state index in [1.807, 2.05) is 60.7 Å². The number of rotatable bonds is 9. The van der Waals surface area contributed by atoms with Crippen molar-refractivity contribution in [2.75, 3.05) is 7.11 Å². The van der Waals surface area contributed by atoms with Crippen LogP contribution in [0.4, 0.5) is 0 Å². The summed E-state index contributed by atoms with van der Waals surface area (Å²) in [5.41, 5.74) is 2.53. The molecule has 0 aliphatic rings. The molecule has 0 aromatic heterocycles. The number of ketones is 1. The molecule has 0 unspecified atom stereocenters. The monoisotopic (exact) mass is 480 g/mol. The Morgan fingerprint density at radius 1 is 0.611 bits per heavy atom. The highest BCUT2D eigenvalue weighted by atomic mass is 16.5. The molecule has 4 aromatic rings. The molecule has 0 saturated carbocycles. The highest BCUT2D eigenvalue weighted by Crippen LogP contribution is 2.28. The van der Waals surface area contributed by atoms with E-state index in [0.717, 1.165) is 11.1 Å². The van der Waals surface area contributed by atoms with E-state index in [1.165, 1.54) is 31.4 Å². The Hall–Kier alpha value is -4.71. The van der Waals surface area contributed by atoms with Crippen LogP contribution in [-0.4, -0.2) is 24.8 Å². The number of hydrogen-bond acceptors (Lipinski definition) is 6. The van der Waals surface area contributed by atoms with Crippen LogP contribution < -0.4 is 4.74 Å². The second-order valence-electron chi connectivity index (χ2n) is 7.91. The van der Waals surface area contributed by atoms with Crippen LogP contribution in [0.15, 0.2) is 103 Å². The highest BCUT2D eigenvalue weighted by molar-refractivity contribution is 6.16. The first kappa shape index (κ1) is 24.4. The van der Waals surface area contributed by atoms with Crippen molar-refractivity contribution in [1.82, 2.24) is 0 Å². The molecule has 4 rings (SSSR count). The van der Waals surface area contributed by atoms with E-state index < -0.39 is 17.7 Å². The van der Waals surface area contributed by atoms with Crippen molar-refractivity contribution in [2.24, 2.45) is 0 Å². The molecule has 0 aliphatic heterocycles. The van der Waals surface area contributed by atoms with Crippen molar-refractivity contribution < 1.29 is 28.6 Å². The topological polar surface area (TPSA) is 78.9 Å². The first-order chi connectivity index (χ1) is 17.6. The molecule has 0 atom stereocenters. The van der Waals surface area contributed by atoms with E-state index in [1.54, 1.807) is 18.2 Å². The molecule has 0 spiro atoms. The lowest BCUT2D eigenvalue weighted by atomic mass is 9.96. The van der Waals surface area contributed by atoms with Gasteiger partial charge >= 0.3 is 11.9 Å². The first-order valence-electron chi connectivity index (χ1n) is 11.3. The summed E-state index contributed by atoms with van der Waals surface area (Å²) in [6.45, 7) is 0.279. The standard InChI is InChI=1S/C30H24O6/c1-34-29(32)24-17-15-23(16-18-24)28(31)27-25(30(33)36-20-22-11-6-3-7-12-22)13-8-14-26(27)35-19-21-9-4-2-5-10-21/h2-18H,19-20H2,1H3. The quantitative estimate of drug-likeness (QED) is 0.228. The van der Waals surface area contributed by atoms with E-state index in [-0.39, 0.29) is 35.7 Å². The summed E-state index contributed by atoms with van der Waals surface area (Å²) in [6.07, 6.45) is 0. The van der Waals surface area contributed by atoms with Gasteiger partial charge in [-0.15, -0.1) is 0 Å². The molecule has 0 aliphatic carbocycles. The number of carbonyl (C=O) groups is 3. The smallest absolute Gasteiger partial charge is 0.339 e. The Morgan fingerprint density at radius 3 is 1.81 bits per heavy atom. The van der Waals surface area contributed by atoms with Gasteiger partial charge < -0.3 is 14.2 Å². The minimum Gasteiger partial charge on any atom is -0.488 e. The van der Waals surface area contributed by atoms with Crippen LogP contribution >= 0.6 is 0 Å². The largest absolute Gasteiger partial charge is 0.488 e. The van der Waals surface area contributed by atoms with Gasteiger partial charge in [-0.05, 0) is 35.4 Å². The Morgan fingerprint density at radius 2 is 1.19 bits per heavy atom. The third kappa shape index (κ3) is 5.85. The van der Waals surface area contributed by atoms with Gasteiger partial charge in [0.2, 0.25) is 0 Å². The van der Waals surface area contributed by atoms with Gasteiger partial charge in [0.1, 0.15) is 19.0 Å². The van der Waals surface area contributed by atoms with Gasteiger partial charge in [0.05, 0.1) is 23.8 Å². The van der Waals surface area contributed by atoms with Gasteiger partial charge in [0.25, 0.3) is 0 Å². The molecule has 0 amide bonds. The number of carbonyl (C=O) groups excluding carboxylic acids is 3. The fourth-order valence-electron chi connectivity index (χ4n) is 3.61. The fourth-order valence-corrected chi connectivity index (χ4v) is 3.61. The third-order valence-electron chi connectivity index (χ3n) is 5.49. The van der Waals surface area contributed by atoms with Gasteiger partial charge in [-0.1, -0.05) is 78.9 Å². The van der Waals surface area contributed by atoms with Crippen LogP contribution in [0.5, 0.6) is 5.75 Å². The zero-order valence-electron chi connectivity index (χ0n) is 19.7. The Bertz CT molecular complexity index is 1350. The van der Waals surface area contributed by atoms with Crippen molar-refractivity contribution in [3.8, 4) is 5.75 Å². The molecular formula is C30H24O6. The Balaban J connectivity index is 1.66. The lowest BCUT2D eigenvalue weighted by Gasteiger charge is -2.15. The lowest BCUT2D eigenvalue weighted by molar-refractivity contribution is 0.0469. The summed E-state index contributed by atoms with van der Waals surface area (Å²) in [7, 11) is 1.29. The maximum Gasteiger partial charge on any atom is 0.339 e. The Kier molecular flexibility index (Phi) is 7.88. The van der Waals surface area contributed by atoms with Crippen molar-refractivity contribution in [3.05, 3.63) is 137 Å². The molecular weight excluding hydrogens is 456 g/mol. The molecule has 6 nitrogen and oxygen atoms in total. The van der Waals surface area contributed by atoms with Crippen LogP contribution in [0.1, 0.15) is 47.8 Å². The average Bonchev–Trinajstić information content (AvgIpc) is 2.95. The molecule has 180 valence electrons. The van der Waals surface area contributed by atoms with Crippen LogP contribution in [-0.2, 0) is 22.7 Å². The van der Waals surface area contributed by atoms with E-state index in [2.05, 4.69) is 0 Å². The minimum atomic E-state index is -0.640. The van der Waals surface area contributed by atoms with E-state index in [4.69, 9.17) is 14.2 Å². The summed E-state index contributed by atoms with van der Waals surface area (Å²) in [5.74, 6) is -1.32. The molecule has 36 heavy (non-hydrogen) atoms. The number of hydrogen-bond donors (Lipinski definition) is 0. The normalized spacial score (nSPS) is 10.4. The molecule has 0 radical (unpaired) electrons. The molecule has 0 saturated heterocycles. The fraction of sp³-hybridized carbons (Fsp3) is 0.100. The molecule has 0 N–H and O–H groups in total. The highest BCUT2D eigenvalue weighted by Gasteiger charge is 2.24. The molecule has 0 bridgehead atoms. The summed E-state index contributed by atoms with van der Waals surface area (Å²) >= 11 is 0. The lowest BCUT2D eigenvalue weighted by Crippen LogP contribution is -2.15. The van der Waals surface area contributed by atoms with Crippen molar-refractivity contribution in [2.45, 2.75) is 13.2 Å². The summed E-state index contributed by atoms with van der Waals surface area (Å²) < 4.78 is 16.2. The van der Waals surface area contributed by atoms with Gasteiger partial charge in [-0.3, -0.25) is 4.79 Å². The van der Waals surface area contributed by atoms with Crippen molar-refractivity contribution in [1.29, 1.82) is 0 Å². The maximum absolute atomic E-state index is 13.6. The predicted octanol–water partition coefficient (Wildman–Crippen LogP) is 5.64. The second kappa shape index (κ2) is 11.6. The number of ether oxygens (including phenoxy) is 3. The van der Waals surface area contributed by atoms with Gasteiger partial charge in [-0.25, -0.2) is 9.59 Å². The number of methoxy groups -OCH3 is 1. The van der Waals surface area contributed by atoms with Crippen molar-refractivity contribution in [3.63, 3.8) is 0 Å². The maximum atomic E-state index is 13.6. The second-order valence-corrected chi connectivity index (χ2v) is 7.91. The molecule has 0 heterocycles. The van der Waals surface area contributed by atoms with Crippen LogP contribution in [0, 0.1) is 0 Å². The predicted molar refractivity (Wildman–Crippen MR) is 134 cm³/mol. The van der Waals surface area contributed by atoms with Gasteiger partial charge in [-0.2, -0.15) is 0 Å². The minimum absolute atomic E-state index is 0.0657. The number of benzene rings is 4. The summed E-state index contributed by atoms with van der Waals surface area (Å²) in [4.78, 5) is 38.5. The first-order valence-corrected chi connectivity index (χ1v) is 11.3. The molecule has 4 aromatic carbocycles. The SMILES string of the molecule is COC(=O)c1ccc(C(=O)c2c(OCc3ccccc3)cccc2C(=O)OCc2ccccc2)cc1. The van der Waals surface area contributed by atoms with Crippen molar-refractivity contribution >= 4 is 17.7 Å². The average molecular weight is 481 g/mol. The molecule has 6 heteroatoms. The van der Waals surface area contributed by atoms with E-state index in [0.29, 0.717) is 5.56 Å². The van der Waals surface area contributed by atoms with E-state index >= 15 is 0 Å². The van der Waals surface area contributed by atoms with E-state index in [9.17, 15) is 14.4 Å². The van der Waals surface area contributed by atoms with Crippen LogP contribution in [0.2, 0.25) is 0 Å². The number of esters is 2.